The highest BCUT2D eigenvalue weighted by Crippen LogP contribution is 2.03. The average molecular weight is 244 g/mol. The van der Waals surface area contributed by atoms with Gasteiger partial charge in [0.1, 0.15) is 0 Å². The Kier molecular flexibility index (Phi) is 8.61. The third-order valence-corrected chi connectivity index (χ3v) is 3.24. The van der Waals surface area contributed by atoms with E-state index in [1.54, 1.807) is 7.11 Å². The molecule has 0 spiro atoms. The minimum atomic E-state index is 0.658. The Labute approximate surface area is 106 Å². The first-order valence-corrected chi connectivity index (χ1v) is 6.89. The fourth-order valence-corrected chi connectivity index (χ4v) is 2.15. The molecule has 1 rings (SSSR count). The summed E-state index contributed by atoms with van der Waals surface area (Å²) in [6, 6.07) is 0.658. The number of hydrogen-bond acceptors (Lipinski definition) is 4. The lowest BCUT2D eigenvalue weighted by molar-refractivity contribution is 0.0832. The van der Waals surface area contributed by atoms with Gasteiger partial charge in [-0.3, -0.25) is 4.90 Å². The van der Waals surface area contributed by atoms with Crippen LogP contribution in [-0.2, 0) is 9.47 Å². The second kappa shape index (κ2) is 9.83. The van der Waals surface area contributed by atoms with E-state index in [4.69, 9.17) is 9.47 Å². The molecule has 1 unspecified atom stereocenters. The van der Waals surface area contributed by atoms with Gasteiger partial charge in [-0.25, -0.2) is 0 Å². The molecule has 1 fully saturated rings. The van der Waals surface area contributed by atoms with Gasteiger partial charge in [-0.2, -0.15) is 0 Å². The van der Waals surface area contributed by atoms with Crippen molar-refractivity contribution in [3.05, 3.63) is 0 Å². The lowest BCUT2D eigenvalue weighted by Gasteiger charge is -2.23. The molecule has 0 radical (unpaired) electrons. The molecule has 0 amide bonds. The van der Waals surface area contributed by atoms with Crippen molar-refractivity contribution in [1.29, 1.82) is 0 Å². The second-order valence-corrected chi connectivity index (χ2v) is 4.67. The molecule has 0 aliphatic carbocycles. The van der Waals surface area contributed by atoms with Crippen molar-refractivity contribution in [1.82, 2.24) is 10.2 Å². The van der Waals surface area contributed by atoms with Crippen molar-refractivity contribution in [2.24, 2.45) is 0 Å². The molecular weight excluding hydrogens is 216 g/mol. The Morgan fingerprint density at radius 2 is 2.18 bits per heavy atom. The minimum absolute atomic E-state index is 0.658. The highest BCUT2D eigenvalue weighted by molar-refractivity contribution is 4.75. The van der Waals surface area contributed by atoms with Crippen molar-refractivity contribution in [3.8, 4) is 0 Å². The number of nitrogens with zero attached hydrogens (tertiary/aromatic N) is 1. The summed E-state index contributed by atoms with van der Waals surface area (Å²) in [6.07, 6.45) is 3.46. The summed E-state index contributed by atoms with van der Waals surface area (Å²) in [5.74, 6) is 0. The van der Waals surface area contributed by atoms with Gasteiger partial charge in [-0.15, -0.1) is 0 Å². The lowest BCUT2D eigenvalue weighted by atomic mass is 10.2. The summed E-state index contributed by atoms with van der Waals surface area (Å²) in [6.45, 7) is 9.29. The first-order chi connectivity index (χ1) is 8.36. The van der Waals surface area contributed by atoms with Gasteiger partial charge in [-0.05, 0) is 32.4 Å². The van der Waals surface area contributed by atoms with Gasteiger partial charge in [0.2, 0.25) is 0 Å². The molecule has 102 valence electrons. The smallest absolute Gasteiger partial charge is 0.0593 e. The standard InChI is InChI=1S/C13H28N2O2/c1-3-13-12-15(7-4-6-14-13)8-11-17-10-5-9-16-2/h13-14H,3-12H2,1-2H3. The van der Waals surface area contributed by atoms with Gasteiger partial charge in [-0.1, -0.05) is 6.92 Å². The van der Waals surface area contributed by atoms with Crippen LogP contribution in [0.5, 0.6) is 0 Å². The normalized spacial score (nSPS) is 22.6. The summed E-state index contributed by atoms with van der Waals surface area (Å²) >= 11 is 0. The molecule has 0 aromatic carbocycles. The van der Waals surface area contributed by atoms with Gasteiger partial charge in [0.05, 0.1) is 6.61 Å². The number of nitrogens with one attached hydrogen (secondary N) is 1. The zero-order valence-electron chi connectivity index (χ0n) is 11.4. The monoisotopic (exact) mass is 244 g/mol. The van der Waals surface area contributed by atoms with E-state index in [1.165, 1.54) is 19.4 Å². The van der Waals surface area contributed by atoms with Crippen molar-refractivity contribution < 1.29 is 9.47 Å². The highest BCUT2D eigenvalue weighted by Gasteiger charge is 2.15. The van der Waals surface area contributed by atoms with E-state index in [2.05, 4.69) is 17.1 Å². The Morgan fingerprint density at radius 1 is 1.29 bits per heavy atom. The van der Waals surface area contributed by atoms with E-state index in [9.17, 15) is 0 Å². The maximum atomic E-state index is 5.61. The van der Waals surface area contributed by atoms with E-state index >= 15 is 0 Å². The number of ether oxygens (including phenoxy) is 2. The molecule has 1 atom stereocenters. The largest absolute Gasteiger partial charge is 0.385 e. The average Bonchev–Trinajstić information content (AvgIpc) is 2.58. The fourth-order valence-electron chi connectivity index (χ4n) is 2.15. The summed E-state index contributed by atoms with van der Waals surface area (Å²) in [7, 11) is 1.73. The van der Waals surface area contributed by atoms with E-state index in [1.807, 2.05) is 0 Å². The van der Waals surface area contributed by atoms with Crippen LogP contribution in [0.25, 0.3) is 0 Å². The fraction of sp³-hybridized carbons (Fsp3) is 1.00. The van der Waals surface area contributed by atoms with E-state index < -0.39 is 0 Å². The molecule has 0 aromatic heterocycles. The van der Waals surface area contributed by atoms with Crippen LogP contribution < -0.4 is 5.32 Å². The third-order valence-electron chi connectivity index (χ3n) is 3.24. The molecular formula is C13H28N2O2. The topological polar surface area (TPSA) is 33.7 Å². The zero-order valence-corrected chi connectivity index (χ0v) is 11.4. The van der Waals surface area contributed by atoms with Crippen LogP contribution in [0, 0.1) is 0 Å². The predicted octanol–water partition coefficient (Wildman–Crippen LogP) is 1.11. The molecule has 1 heterocycles. The van der Waals surface area contributed by atoms with Gasteiger partial charge >= 0.3 is 0 Å². The molecule has 1 saturated heterocycles. The van der Waals surface area contributed by atoms with Gasteiger partial charge in [0.15, 0.2) is 0 Å². The van der Waals surface area contributed by atoms with Crippen LogP contribution in [-0.4, -0.2) is 64.1 Å². The maximum absolute atomic E-state index is 5.61. The molecule has 4 nitrogen and oxygen atoms in total. The predicted molar refractivity (Wildman–Crippen MR) is 70.5 cm³/mol. The minimum Gasteiger partial charge on any atom is -0.385 e. The third kappa shape index (κ3) is 6.99. The molecule has 0 saturated carbocycles. The molecule has 17 heavy (non-hydrogen) atoms. The van der Waals surface area contributed by atoms with Crippen molar-refractivity contribution >= 4 is 0 Å². The van der Waals surface area contributed by atoms with Gasteiger partial charge < -0.3 is 14.8 Å². The zero-order chi connectivity index (χ0) is 12.3. The summed E-state index contributed by atoms with van der Waals surface area (Å²) in [5.41, 5.74) is 0. The van der Waals surface area contributed by atoms with E-state index in [0.717, 1.165) is 45.9 Å². The van der Waals surface area contributed by atoms with Gasteiger partial charge in [0.25, 0.3) is 0 Å². The second-order valence-electron chi connectivity index (χ2n) is 4.67. The Bertz CT molecular complexity index is 179. The Balaban J connectivity index is 2.04. The van der Waals surface area contributed by atoms with Crippen LogP contribution in [0.2, 0.25) is 0 Å². The Morgan fingerprint density at radius 3 is 2.94 bits per heavy atom. The first kappa shape index (κ1) is 14.9. The van der Waals surface area contributed by atoms with Crippen molar-refractivity contribution in [3.63, 3.8) is 0 Å². The molecule has 0 bridgehead atoms. The quantitative estimate of drug-likeness (QED) is 0.649. The molecule has 1 aliphatic heterocycles. The lowest BCUT2D eigenvalue weighted by Crippen LogP contribution is -2.38. The molecule has 1 aliphatic rings. The SMILES string of the molecule is CCC1CN(CCOCCCOC)CCCN1. The number of hydrogen-bond donors (Lipinski definition) is 1. The molecule has 1 N–H and O–H groups in total. The van der Waals surface area contributed by atoms with E-state index in [-0.39, 0.29) is 0 Å². The van der Waals surface area contributed by atoms with Gasteiger partial charge in [0, 0.05) is 39.5 Å². The molecule has 0 aromatic rings. The van der Waals surface area contributed by atoms with Crippen LogP contribution in [0.15, 0.2) is 0 Å². The van der Waals surface area contributed by atoms with Crippen LogP contribution >= 0.6 is 0 Å². The van der Waals surface area contributed by atoms with Crippen molar-refractivity contribution in [2.45, 2.75) is 32.2 Å². The summed E-state index contributed by atoms with van der Waals surface area (Å²) < 4.78 is 10.6. The van der Waals surface area contributed by atoms with Crippen LogP contribution in [0.4, 0.5) is 0 Å². The maximum Gasteiger partial charge on any atom is 0.0593 e. The van der Waals surface area contributed by atoms with Crippen LogP contribution in [0.1, 0.15) is 26.2 Å². The molecule has 4 heteroatoms. The summed E-state index contributed by atoms with van der Waals surface area (Å²) in [4.78, 5) is 2.52. The number of methoxy groups -OCH3 is 1. The van der Waals surface area contributed by atoms with Crippen LogP contribution in [0.3, 0.4) is 0 Å². The van der Waals surface area contributed by atoms with E-state index in [0.29, 0.717) is 6.04 Å². The Hall–Kier alpha value is -0.160. The number of rotatable bonds is 8. The first-order valence-electron chi connectivity index (χ1n) is 6.89. The highest BCUT2D eigenvalue weighted by atomic mass is 16.5. The summed E-state index contributed by atoms with van der Waals surface area (Å²) in [5, 5.41) is 3.58. The van der Waals surface area contributed by atoms with Crippen molar-refractivity contribution in [2.75, 3.05) is 53.1 Å².